The van der Waals surface area contributed by atoms with Crippen LogP contribution in [0.15, 0.2) is 25.3 Å². The van der Waals surface area contributed by atoms with Crippen LogP contribution in [0.25, 0.3) is 0 Å². The summed E-state index contributed by atoms with van der Waals surface area (Å²) in [5.41, 5.74) is 0. The molecule has 0 aliphatic carbocycles. The standard InChI is InChI=1S/C25H38N2O5S/c1-6-8-9-10-14-32-24(31)19-18-15-17(5)25(33-18)20(19)22(29)27(12-13-28)21(25)23(30)26(11-7-2)16(3)4/h6-7,16-21,28H,1-2,8-15H2,3-5H3/t17?,18-,19+,20-,21?,25?/m0/s1. The fraction of sp³-hybridized carbons (Fsp3) is 0.720. The molecule has 0 saturated carbocycles. The number of amides is 2. The van der Waals surface area contributed by atoms with Gasteiger partial charge in [0.05, 0.1) is 29.8 Å². The van der Waals surface area contributed by atoms with Crippen molar-refractivity contribution in [2.24, 2.45) is 17.8 Å². The lowest BCUT2D eigenvalue weighted by atomic mass is 9.66. The Morgan fingerprint density at radius 2 is 2.06 bits per heavy atom. The van der Waals surface area contributed by atoms with Crippen LogP contribution >= 0.6 is 11.8 Å². The van der Waals surface area contributed by atoms with Gasteiger partial charge in [-0.1, -0.05) is 19.1 Å². The Morgan fingerprint density at radius 3 is 2.67 bits per heavy atom. The smallest absolute Gasteiger partial charge is 0.310 e. The summed E-state index contributed by atoms with van der Waals surface area (Å²) in [7, 11) is 0. The van der Waals surface area contributed by atoms with E-state index < -0.39 is 22.6 Å². The van der Waals surface area contributed by atoms with Crippen LogP contribution in [0.2, 0.25) is 0 Å². The first-order chi connectivity index (χ1) is 15.8. The molecule has 0 radical (unpaired) electrons. The molecule has 33 heavy (non-hydrogen) atoms. The van der Waals surface area contributed by atoms with Gasteiger partial charge in [-0.2, -0.15) is 0 Å². The van der Waals surface area contributed by atoms with Crippen LogP contribution in [0, 0.1) is 17.8 Å². The predicted molar refractivity (Wildman–Crippen MR) is 130 cm³/mol. The van der Waals surface area contributed by atoms with Crippen molar-refractivity contribution in [1.82, 2.24) is 9.80 Å². The monoisotopic (exact) mass is 478 g/mol. The summed E-state index contributed by atoms with van der Waals surface area (Å²) in [6.45, 7) is 14.0. The number of β-amino-alcohol motifs (C(OH)–C–C–N with tert-alkyl or cyclic N) is 1. The van der Waals surface area contributed by atoms with Crippen molar-refractivity contribution in [3.63, 3.8) is 0 Å². The lowest BCUT2D eigenvalue weighted by molar-refractivity contribution is -0.154. The molecule has 1 spiro atoms. The van der Waals surface area contributed by atoms with E-state index in [4.69, 9.17) is 4.74 Å². The highest BCUT2D eigenvalue weighted by molar-refractivity contribution is 8.02. The van der Waals surface area contributed by atoms with E-state index in [1.54, 1.807) is 22.7 Å². The molecule has 3 unspecified atom stereocenters. The minimum Gasteiger partial charge on any atom is -0.465 e. The molecule has 2 bridgehead atoms. The third-order valence-corrected chi connectivity index (χ3v) is 9.45. The molecule has 3 fully saturated rings. The van der Waals surface area contributed by atoms with E-state index >= 15 is 0 Å². The fourth-order valence-electron chi connectivity index (χ4n) is 5.93. The first-order valence-electron chi connectivity index (χ1n) is 12.0. The molecular formula is C25H38N2O5S. The van der Waals surface area contributed by atoms with Crippen molar-refractivity contribution in [1.29, 1.82) is 0 Å². The van der Waals surface area contributed by atoms with Crippen LogP contribution in [0.1, 0.15) is 46.5 Å². The van der Waals surface area contributed by atoms with Crippen LogP contribution < -0.4 is 0 Å². The number of carbonyl (C=O) groups is 3. The van der Waals surface area contributed by atoms with Crippen LogP contribution in [-0.2, 0) is 19.1 Å². The summed E-state index contributed by atoms with van der Waals surface area (Å²) in [4.78, 5) is 44.0. The first-order valence-corrected chi connectivity index (χ1v) is 12.9. The van der Waals surface area contributed by atoms with Crippen molar-refractivity contribution in [2.75, 3.05) is 26.3 Å². The van der Waals surface area contributed by atoms with Gasteiger partial charge in [0.1, 0.15) is 6.04 Å². The van der Waals surface area contributed by atoms with Crippen LogP contribution in [0.5, 0.6) is 0 Å². The number of carbonyl (C=O) groups excluding carboxylic acids is 3. The average Bonchev–Trinajstić information content (AvgIpc) is 3.35. The second-order valence-electron chi connectivity index (χ2n) is 9.63. The Bertz CT molecular complexity index is 787. The molecule has 2 amide bonds. The van der Waals surface area contributed by atoms with Crippen molar-refractivity contribution in [3.05, 3.63) is 25.3 Å². The number of fused-ring (bicyclic) bond motifs is 1. The number of esters is 1. The molecule has 184 valence electrons. The predicted octanol–water partition coefficient (Wildman–Crippen LogP) is 2.64. The molecule has 8 heteroatoms. The van der Waals surface area contributed by atoms with Crippen molar-refractivity contribution in [2.45, 2.75) is 68.5 Å². The van der Waals surface area contributed by atoms with Gasteiger partial charge in [-0.3, -0.25) is 14.4 Å². The average molecular weight is 479 g/mol. The molecule has 3 saturated heterocycles. The van der Waals surface area contributed by atoms with Crippen molar-refractivity contribution >= 4 is 29.5 Å². The van der Waals surface area contributed by atoms with Gasteiger partial charge < -0.3 is 19.6 Å². The maximum Gasteiger partial charge on any atom is 0.310 e. The summed E-state index contributed by atoms with van der Waals surface area (Å²) in [5, 5.41) is 9.68. The van der Waals surface area contributed by atoms with Crippen molar-refractivity contribution in [3.8, 4) is 0 Å². The third-order valence-electron chi connectivity index (χ3n) is 7.37. The second kappa shape index (κ2) is 10.6. The van der Waals surface area contributed by atoms with E-state index in [-0.39, 0.29) is 48.1 Å². The Balaban J connectivity index is 1.92. The zero-order valence-electron chi connectivity index (χ0n) is 20.1. The Kier molecular flexibility index (Phi) is 8.32. The molecule has 3 rings (SSSR count). The third kappa shape index (κ3) is 4.36. The van der Waals surface area contributed by atoms with Gasteiger partial charge in [0, 0.05) is 24.4 Å². The molecule has 7 nitrogen and oxygen atoms in total. The van der Waals surface area contributed by atoms with Gasteiger partial charge in [0.15, 0.2) is 0 Å². The van der Waals surface area contributed by atoms with Gasteiger partial charge in [-0.05, 0) is 45.4 Å². The normalized spacial score (nSPS) is 32.2. The van der Waals surface area contributed by atoms with Gasteiger partial charge >= 0.3 is 5.97 Å². The number of likely N-dealkylation sites (tertiary alicyclic amines) is 1. The lowest BCUT2D eigenvalue weighted by Crippen LogP contribution is -2.58. The van der Waals surface area contributed by atoms with Gasteiger partial charge in [-0.25, -0.2) is 0 Å². The number of rotatable bonds is 12. The van der Waals surface area contributed by atoms with Crippen LogP contribution in [-0.4, -0.2) is 81.1 Å². The highest BCUT2D eigenvalue weighted by atomic mass is 32.2. The molecule has 0 aromatic heterocycles. The Morgan fingerprint density at radius 1 is 1.33 bits per heavy atom. The minimum atomic E-state index is -0.708. The van der Waals surface area contributed by atoms with Gasteiger partial charge in [0.2, 0.25) is 11.8 Å². The number of aliphatic hydroxyl groups is 1. The number of allylic oxidation sites excluding steroid dienone is 1. The molecule has 0 aromatic carbocycles. The number of hydrogen-bond donors (Lipinski definition) is 1. The number of unbranched alkanes of at least 4 members (excludes halogenated alkanes) is 2. The topological polar surface area (TPSA) is 87.2 Å². The molecule has 0 aromatic rings. The second-order valence-corrected chi connectivity index (χ2v) is 11.2. The largest absolute Gasteiger partial charge is 0.465 e. The van der Waals surface area contributed by atoms with E-state index in [2.05, 4.69) is 20.1 Å². The number of ether oxygens (including phenoxy) is 1. The molecule has 3 aliphatic rings. The molecule has 3 heterocycles. The molecule has 1 N–H and O–H groups in total. The first kappa shape index (κ1) is 25.8. The van der Waals surface area contributed by atoms with E-state index in [0.717, 1.165) is 25.7 Å². The van der Waals surface area contributed by atoms with Gasteiger partial charge in [0.25, 0.3) is 0 Å². The Labute approximate surface area is 201 Å². The van der Waals surface area contributed by atoms with E-state index in [9.17, 15) is 19.5 Å². The summed E-state index contributed by atoms with van der Waals surface area (Å²) < 4.78 is 4.93. The number of thioether (sulfide) groups is 1. The highest BCUT2D eigenvalue weighted by Crippen LogP contribution is 2.68. The molecule has 3 aliphatic heterocycles. The zero-order chi connectivity index (χ0) is 24.3. The summed E-state index contributed by atoms with van der Waals surface area (Å²) in [6.07, 6.45) is 6.83. The number of hydrogen-bond acceptors (Lipinski definition) is 6. The maximum absolute atomic E-state index is 13.9. The quantitative estimate of drug-likeness (QED) is 0.264. The lowest BCUT2D eigenvalue weighted by Gasteiger charge is -2.41. The minimum absolute atomic E-state index is 0.0342. The maximum atomic E-state index is 13.9. The highest BCUT2D eigenvalue weighted by Gasteiger charge is 2.76. The van der Waals surface area contributed by atoms with E-state index in [1.807, 2.05) is 19.9 Å². The summed E-state index contributed by atoms with van der Waals surface area (Å²) in [5.74, 6) is -1.73. The van der Waals surface area contributed by atoms with E-state index in [0.29, 0.717) is 13.2 Å². The SMILES string of the molecule is C=CCCCCOC(=O)[C@@H]1[C@@H]2CC(C)C3(S2)C(C(=O)N(CC=C)C(C)C)N(CCO)C(=O)[C@H]13. The summed E-state index contributed by atoms with van der Waals surface area (Å²) in [6, 6.07) is -0.771. The summed E-state index contributed by atoms with van der Waals surface area (Å²) >= 11 is 1.63. The van der Waals surface area contributed by atoms with E-state index in [1.165, 1.54) is 4.90 Å². The fourth-order valence-corrected chi connectivity index (χ4v) is 8.33. The van der Waals surface area contributed by atoms with Gasteiger partial charge in [-0.15, -0.1) is 24.9 Å². The zero-order valence-corrected chi connectivity index (χ0v) is 20.9. The van der Waals surface area contributed by atoms with Crippen molar-refractivity contribution < 1.29 is 24.2 Å². The Hall–Kier alpha value is -1.80. The number of nitrogens with zero attached hydrogens (tertiary/aromatic N) is 2. The molecular weight excluding hydrogens is 440 g/mol. The van der Waals surface area contributed by atoms with Crippen LogP contribution in [0.4, 0.5) is 0 Å². The number of aliphatic hydroxyl groups excluding tert-OH is 1. The molecule has 6 atom stereocenters. The van der Waals surface area contributed by atoms with Crippen LogP contribution in [0.3, 0.4) is 0 Å².